The van der Waals surface area contributed by atoms with E-state index in [-0.39, 0.29) is 11.7 Å². The first-order valence-corrected chi connectivity index (χ1v) is 10.9. The van der Waals surface area contributed by atoms with Crippen molar-refractivity contribution in [3.05, 3.63) is 71.3 Å². The van der Waals surface area contributed by atoms with E-state index in [9.17, 15) is 19.5 Å². The molecular formula is C25H30N2O5. The molecule has 0 unspecified atom stereocenters. The van der Waals surface area contributed by atoms with Crippen LogP contribution in [-0.4, -0.2) is 64.6 Å². The highest BCUT2D eigenvalue weighted by Crippen LogP contribution is 2.28. The van der Waals surface area contributed by atoms with Crippen molar-refractivity contribution in [3.8, 4) is 0 Å². The fourth-order valence-electron chi connectivity index (χ4n) is 4.03. The van der Waals surface area contributed by atoms with E-state index in [0.717, 1.165) is 24.0 Å². The lowest BCUT2D eigenvalue weighted by Crippen LogP contribution is -2.54. The van der Waals surface area contributed by atoms with E-state index in [1.165, 1.54) is 6.92 Å². The van der Waals surface area contributed by atoms with Crippen LogP contribution in [0, 0.1) is 0 Å². The van der Waals surface area contributed by atoms with Gasteiger partial charge in [-0.05, 0) is 36.8 Å². The van der Waals surface area contributed by atoms with Gasteiger partial charge in [0, 0.05) is 25.1 Å². The first kappa shape index (κ1) is 23.6. The number of hydrogen-bond acceptors (Lipinski definition) is 5. The molecule has 3 rings (SSSR count). The molecule has 1 fully saturated rings. The summed E-state index contributed by atoms with van der Waals surface area (Å²) in [5.41, 5.74) is 2.82. The lowest BCUT2D eigenvalue weighted by molar-refractivity contribution is -0.125. The molecule has 7 nitrogen and oxygen atoms in total. The molecule has 1 heterocycles. The zero-order valence-electron chi connectivity index (χ0n) is 18.2. The quantitative estimate of drug-likeness (QED) is 0.549. The number of carbonyl (C=O) groups is 3. The van der Waals surface area contributed by atoms with E-state index in [4.69, 9.17) is 5.11 Å². The van der Waals surface area contributed by atoms with Crippen molar-refractivity contribution in [2.45, 2.75) is 44.2 Å². The van der Waals surface area contributed by atoms with Gasteiger partial charge in [-0.1, -0.05) is 54.6 Å². The Balaban J connectivity index is 1.53. The number of aliphatic hydroxyl groups excluding tert-OH is 2. The smallest absolute Gasteiger partial charge is 0.318 e. The van der Waals surface area contributed by atoms with Crippen LogP contribution < -0.4 is 5.32 Å². The maximum atomic E-state index is 12.5. The third-order valence-corrected chi connectivity index (χ3v) is 5.96. The predicted molar refractivity (Wildman–Crippen MR) is 121 cm³/mol. The molecule has 2 aromatic carbocycles. The fraction of sp³-hybridized carbons (Fsp3) is 0.400. The van der Waals surface area contributed by atoms with Crippen LogP contribution in [0.5, 0.6) is 0 Å². The standard InChI is InChI=1S/C25H30N2O5/c1-17(29)24(23(31)16-28)26-25(32)27-13-11-20(12-14-27)19-7-9-21(10-8-19)22(30)15-18-5-3-2-4-6-18/h2-10,17,20,24,28-29H,11-16H2,1H3,(H,26,32)/t17-,24+/m0/s1. The Labute approximate surface area is 188 Å². The van der Waals surface area contributed by atoms with Gasteiger partial charge < -0.3 is 20.4 Å². The summed E-state index contributed by atoms with van der Waals surface area (Å²) in [7, 11) is 0. The highest BCUT2D eigenvalue weighted by Gasteiger charge is 2.29. The Hall–Kier alpha value is -3.03. The van der Waals surface area contributed by atoms with E-state index in [0.29, 0.717) is 25.1 Å². The van der Waals surface area contributed by atoms with E-state index >= 15 is 0 Å². The average Bonchev–Trinajstić information content (AvgIpc) is 2.82. The van der Waals surface area contributed by atoms with Crippen molar-refractivity contribution in [3.63, 3.8) is 0 Å². The van der Waals surface area contributed by atoms with Crippen molar-refractivity contribution in [1.29, 1.82) is 0 Å². The molecule has 0 saturated carbocycles. The van der Waals surface area contributed by atoms with Gasteiger partial charge >= 0.3 is 6.03 Å². The second-order valence-electron chi connectivity index (χ2n) is 8.26. The molecule has 32 heavy (non-hydrogen) atoms. The number of Topliss-reactive ketones (excluding diaryl/α,β-unsaturated/α-hetero) is 2. The van der Waals surface area contributed by atoms with Gasteiger partial charge in [0.2, 0.25) is 0 Å². The average molecular weight is 439 g/mol. The summed E-state index contributed by atoms with van der Waals surface area (Å²) >= 11 is 0. The largest absolute Gasteiger partial charge is 0.391 e. The number of hydrogen-bond donors (Lipinski definition) is 3. The number of nitrogens with one attached hydrogen (secondary N) is 1. The monoisotopic (exact) mass is 438 g/mol. The SMILES string of the molecule is C[C@H](O)[C@@H](NC(=O)N1CCC(c2ccc(C(=O)Cc3ccccc3)cc2)CC1)C(=O)CO. The number of likely N-dealkylation sites (tertiary alicyclic amines) is 1. The summed E-state index contributed by atoms with van der Waals surface area (Å²) in [4.78, 5) is 38.3. The molecule has 170 valence electrons. The van der Waals surface area contributed by atoms with Gasteiger partial charge in [0.25, 0.3) is 0 Å². The Kier molecular flexibility index (Phi) is 8.14. The third kappa shape index (κ3) is 6.02. The molecule has 1 aliphatic heterocycles. The van der Waals surface area contributed by atoms with Crippen LogP contribution >= 0.6 is 0 Å². The third-order valence-electron chi connectivity index (χ3n) is 5.96. The number of benzene rings is 2. The van der Waals surface area contributed by atoms with Crippen molar-refractivity contribution in [2.75, 3.05) is 19.7 Å². The molecule has 2 amide bonds. The summed E-state index contributed by atoms with van der Waals surface area (Å²) < 4.78 is 0. The molecule has 0 aromatic heterocycles. The number of nitrogens with zero attached hydrogens (tertiary/aromatic N) is 1. The van der Waals surface area contributed by atoms with Gasteiger partial charge in [0.15, 0.2) is 11.6 Å². The Morgan fingerprint density at radius 1 is 1.03 bits per heavy atom. The van der Waals surface area contributed by atoms with E-state index in [1.807, 2.05) is 54.6 Å². The van der Waals surface area contributed by atoms with Crippen molar-refractivity contribution >= 4 is 17.6 Å². The Bertz CT molecular complexity index is 919. The molecule has 7 heteroatoms. The van der Waals surface area contributed by atoms with Crippen molar-refractivity contribution < 1.29 is 24.6 Å². The molecule has 2 atom stereocenters. The summed E-state index contributed by atoms with van der Waals surface area (Å²) in [5.74, 6) is -0.256. The van der Waals surface area contributed by atoms with Gasteiger partial charge in [-0.2, -0.15) is 0 Å². The number of rotatable bonds is 8. The van der Waals surface area contributed by atoms with E-state index in [2.05, 4.69) is 5.32 Å². The van der Waals surface area contributed by atoms with Crippen LogP contribution in [0.15, 0.2) is 54.6 Å². The number of aliphatic hydroxyl groups is 2. The van der Waals surface area contributed by atoms with Crippen LogP contribution in [0.2, 0.25) is 0 Å². The van der Waals surface area contributed by atoms with E-state index in [1.54, 1.807) is 4.90 Å². The molecular weight excluding hydrogens is 408 g/mol. The van der Waals surface area contributed by atoms with Gasteiger partial charge in [-0.3, -0.25) is 9.59 Å². The zero-order valence-corrected chi connectivity index (χ0v) is 18.2. The number of piperidine rings is 1. The first-order chi connectivity index (χ1) is 15.4. The molecule has 0 aliphatic carbocycles. The first-order valence-electron chi connectivity index (χ1n) is 10.9. The molecule has 1 aliphatic rings. The zero-order chi connectivity index (χ0) is 23.1. The summed E-state index contributed by atoms with van der Waals surface area (Å²) in [5, 5.41) is 21.2. The Morgan fingerprint density at radius 3 is 2.22 bits per heavy atom. The van der Waals surface area contributed by atoms with Crippen molar-refractivity contribution in [1.82, 2.24) is 10.2 Å². The van der Waals surface area contributed by atoms with Crippen LogP contribution in [0.4, 0.5) is 4.79 Å². The molecule has 0 radical (unpaired) electrons. The number of carbonyl (C=O) groups excluding carboxylic acids is 3. The van der Waals surface area contributed by atoms with Crippen LogP contribution in [0.1, 0.15) is 47.2 Å². The Morgan fingerprint density at radius 2 is 1.66 bits per heavy atom. The number of urea groups is 1. The lowest BCUT2D eigenvalue weighted by Gasteiger charge is -2.33. The van der Waals surface area contributed by atoms with Crippen LogP contribution in [0.25, 0.3) is 0 Å². The minimum atomic E-state index is -1.12. The van der Waals surface area contributed by atoms with Crippen molar-refractivity contribution in [2.24, 2.45) is 0 Å². The maximum absolute atomic E-state index is 12.5. The highest BCUT2D eigenvalue weighted by molar-refractivity contribution is 5.97. The molecule has 1 saturated heterocycles. The maximum Gasteiger partial charge on any atom is 0.318 e. The normalized spacial score (nSPS) is 16.3. The minimum Gasteiger partial charge on any atom is -0.391 e. The number of amides is 2. The summed E-state index contributed by atoms with van der Waals surface area (Å²) in [6.45, 7) is 1.71. The molecule has 2 aromatic rings. The lowest BCUT2D eigenvalue weighted by atomic mass is 9.88. The summed E-state index contributed by atoms with van der Waals surface area (Å²) in [6, 6.07) is 15.8. The van der Waals surface area contributed by atoms with Gasteiger partial charge in [-0.25, -0.2) is 4.79 Å². The predicted octanol–water partition coefficient (Wildman–Crippen LogP) is 2.31. The summed E-state index contributed by atoms with van der Waals surface area (Å²) in [6.07, 6.45) is 0.815. The van der Waals surface area contributed by atoms with Gasteiger partial charge in [0.05, 0.1) is 6.10 Å². The highest BCUT2D eigenvalue weighted by atomic mass is 16.3. The fourth-order valence-corrected chi connectivity index (χ4v) is 4.03. The van der Waals surface area contributed by atoms with Gasteiger partial charge in [-0.15, -0.1) is 0 Å². The number of ketones is 2. The molecule has 0 spiro atoms. The molecule has 3 N–H and O–H groups in total. The molecule has 0 bridgehead atoms. The minimum absolute atomic E-state index is 0.0827. The van der Waals surface area contributed by atoms with Gasteiger partial charge in [0.1, 0.15) is 12.6 Å². The van der Waals surface area contributed by atoms with Crippen LogP contribution in [0.3, 0.4) is 0 Å². The second-order valence-corrected chi connectivity index (χ2v) is 8.26. The second kappa shape index (κ2) is 11.0. The van der Waals surface area contributed by atoms with Crippen LogP contribution in [-0.2, 0) is 11.2 Å². The topological polar surface area (TPSA) is 107 Å². The van der Waals surface area contributed by atoms with E-state index < -0.39 is 30.6 Å².